The molecule has 4 N–H and O–H groups in total. The van der Waals surface area contributed by atoms with E-state index in [4.69, 9.17) is 14.2 Å². The summed E-state index contributed by atoms with van der Waals surface area (Å²) < 4.78 is 15.9. The lowest BCUT2D eigenvalue weighted by atomic mass is 10.0. The molecule has 32 heavy (non-hydrogen) atoms. The molecule has 2 saturated heterocycles. The molecule has 0 aliphatic carbocycles. The van der Waals surface area contributed by atoms with Crippen molar-refractivity contribution in [3.8, 4) is 0 Å². The number of unbranched alkanes of at least 4 members (excludes halogenated alkanes) is 1. The summed E-state index contributed by atoms with van der Waals surface area (Å²) in [4.78, 5) is 34.7. The number of alkyl carbamates (subject to hydrolysis) is 1. The fraction of sp³-hybridized carbons (Fsp3) is 0.857. The molecule has 0 aromatic carbocycles. The number of carbonyl (C=O) groups is 3. The molecule has 3 atom stereocenters. The van der Waals surface area contributed by atoms with Gasteiger partial charge >= 0.3 is 12.1 Å². The van der Waals surface area contributed by atoms with E-state index >= 15 is 0 Å². The standard InChI is InChI=1S/C21H38N4O6S/c1-21(2,3)31-20(28)23-9-11-30-13-12-29-10-8-22-17(26)7-5-4-6-16-18-15(14-32-16)24-19(27)25-18/h15-16,18H,4-14H2,1-3H3,(H,22,26)(H,23,28)(H2,24,25,27)/t15-,16-,18-/m0/s1. The Bertz CT molecular complexity index is 616. The molecule has 11 heteroatoms. The third-order valence-electron chi connectivity index (χ3n) is 4.94. The van der Waals surface area contributed by atoms with Crippen LogP contribution in [0, 0.1) is 0 Å². The fourth-order valence-corrected chi connectivity index (χ4v) is 5.03. The summed E-state index contributed by atoms with van der Waals surface area (Å²) in [6.07, 6.45) is 2.87. The number of thioether (sulfide) groups is 1. The summed E-state index contributed by atoms with van der Waals surface area (Å²) >= 11 is 1.90. The molecule has 0 bridgehead atoms. The molecular weight excluding hydrogens is 436 g/mol. The van der Waals surface area contributed by atoms with Crippen LogP contribution in [0.25, 0.3) is 0 Å². The minimum absolute atomic E-state index is 0.0332. The maximum absolute atomic E-state index is 11.9. The van der Waals surface area contributed by atoms with Gasteiger partial charge in [-0.05, 0) is 33.6 Å². The lowest BCUT2D eigenvalue weighted by Crippen LogP contribution is -2.36. The Morgan fingerprint density at radius 3 is 2.41 bits per heavy atom. The summed E-state index contributed by atoms with van der Waals surface area (Å²) in [5.41, 5.74) is -0.514. The molecule has 0 unspecified atom stereocenters. The quantitative estimate of drug-likeness (QED) is 0.221. The van der Waals surface area contributed by atoms with E-state index in [1.807, 2.05) is 32.5 Å². The predicted octanol–water partition coefficient (Wildman–Crippen LogP) is 1.39. The van der Waals surface area contributed by atoms with Crippen molar-refractivity contribution >= 4 is 29.8 Å². The van der Waals surface area contributed by atoms with Gasteiger partial charge in [0.15, 0.2) is 0 Å². The number of urea groups is 1. The maximum atomic E-state index is 11.9. The molecule has 2 rings (SSSR count). The van der Waals surface area contributed by atoms with Crippen LogP contribution in [0.4, 0.5) is 9.59 Å². The van der Waals surface area contributed by atoms with E-state index in [2.05, 4.69) is 21.3 Å². The van der Waals surface area contributed by atoms with Gasteiger partial charge in [-0.2, -0.15) is 11.8 Å². The van der Waals surface area contributed by atoms with Gasteiger partial charge in [0, 0.05) is 30.5 Å². The second-order valence-corrected chi connectivity index (χ2v) is 10.1. The van der Waals surface area contributed by atoms with E-state index in [1.165, 1.54) is 0 Å². The lowest BCUT2D eigenvalue weighted by molar-refractivity contribution is -0.121. The first kappa shape index (κ1) is 26.5. The minimum Gasteiger partial charge on any atom is -0.444 e. The SMILES string of the molecule is CC(C)(C)OC(=O)NCCOCCOCCNC(=O)CCCC[C@@H]1SC[C@@H]2NC(=O)N[C@@H]21. The zero-order chi connectivity index (χ0) is 23.4. The Morgan fingerprint density at radius 1 is 1.03 bits per heavy atom. The number of ether oxygens (including phenoxy) is 3. The second-order valence-electron chi connectivity index (χ2n) is 8.87. The first-order chi connectivity index (χ1) is 15.2. The van der Waals surface area contributed by atoms with Crippen molar-refractivity contribution in [2.45, 2.75) is 69.4 Å². The van der Waals surface area contributed by atoms with Crippen molar-refractivity contribution < 1.29 is 28.6 Å². The van der Waals surface area contributed by atoms with Crippen molar-refractivity contribution in [2.75, 3.05) is 45.3 Å². The van der Waals surface area contributed by atoms with E-state index in [0.29, 0.717) is 51.2 Å². The largest absolute Gasteiger partial charge is 0.444 e. The van der Waals surface area contributed by atoms with Crippen molar-refractivity contribution in [2.24, 2.45) is 0 Å². The van der Waals surface area contributed by atoms with E-state index in [9.17, 15) is 14.4 Å². The van der Waals surface area contributed by atoms with Crippen molar-refractivity contribution in [1.29, 1.82) is 0 Å². The van der Waals surface area contributed by atoms with Gasteiger partial charge in [0.2, 0.25) is 5.91 Å². The Balaban J connectivity index is 1.34. The first-order valence-corrected chi connectivity index (χ1v) is 12.4. The van der Waals surface area contributed by atoms with E-state index in [0.717, 1.165) is 25.0 Å². The Labute approximate surface area is 194 Å². The summed E-state index contributed by atoms with van der Waals surface area (Å²) in [6, 6.07) is 0.414. The second kappa shape index (κ2) is 13.7. The highest BCUT2D eigenvalue weighted by Crippen LogP contribution is 2.33. The zero-order valence-electron chi connectivity index (χ0n) is 19.4. The average molecular weight is 475 g/mol. The van der Waals surface area contributed by atoms with E-state index < -0.39 is 11.7 Å². The van der Waals surface area contributed by atoms with Gasteiger partial charge in [-0.15, -0.1) is 0 Å². The summed E-state index contributed by atoms with van der Waals surface area (Å²) in [5.74, 6) is 0.994. The van der Waals surface area contributed by atoms with Crippen LogP contribution in [0.3, 0.4) is 0 Å². The van der Waals surface area contributed by atoms with Gasteiger partial charge in [-0.3, -0.25) is 4.79 Å². The van der Waals surface area contributed by atoms with Gasteiger partial charge in [0.1, 0.15) is 5.60 Å². The molecule has 0 aromatic heterocycles. The number of fused-ring (bicyclic) bond motifs is 1. The molecule has 0 saturated carbocycles. The normalized spacial score (nSPS) is 22.1. The van der Waals surface area contributed by atoms with Crippen molar-refractivity contribution in [3.63, 3.8) is 0 Å². The molecule has 0 spiro atoms. The van der Waals surface area contributed by atoms with E-state index in [1.54, 1.807) is 0 Å². The van der Waals surface area contributed by atoms with Crippen LogP contribution in [-0.4, -0.2) is 86.2 Å². The van der Waals surface area contributed by atoms with Crippen LogP contribution in [0.2, 0.25) is 0 Å². The van der Waals surface area contributed by atoms with Gasteiger partial charge in [-0.25, -0.2) is 9.59 Å². The maximum Gasteiger partial charge on any atom is 0.407 e. The number of nitrogens with one attached hydrogen (secondary N) is 4. The molecule has 2 fully saturated rings. The fourth-order valence-electron chi connectivity index (χ4n) is 3.49. The zero-order valence-corrected chi connectivity index (χ0v) is 20.2. The third-order valence-corrected chi connectivity index (χ3v) is 6.44. The molecule has 0 radical (unpaired) electrons. The predicted molar refractivity (Wildman–Crippen MR) is 123 cm³/mol. The molecular formula is C21H38N4O6S. The van der Waals surface area contributed by atoms with Crippen LogP contribution in [0.5, 0.6) is 0 Å². The smallest absolute Gasteiger partial charge is 0.407 e. The van der Waals surface area contributed by atoms with E-state index in [-0.39, 0.29) is 24.0 Å². The van der Waals surface area contributed by atoms with Crippen LogP contribution >= 0.6 is 11.8 Å². The highest BCUT2D eigenvalue weighted by molar-refractivity contribution is 8.00. The third kappa shape index (κ3) is 10.7. The number of rotatable bonds is 14. The highest BCUT2D eigenvalue weighted by atomic mass is 32.2. The monoisotopic (exact) mass is 474 g/mol. The minimum atomic E-state index is -0.514. The molecule has 0 aromatic rings. The van der Waals surface area contributed by atoms with Crippen LogP contribution in [-0.2, 0) is 19.0 Å². The molecule has 2 aliphatic rings. The number of hydrogen-bond acceptors (Lipinski definition) is 7. The molecule has 10 nitrogen and oxygen atoms in total. The van der Waals surface area contributed by atoms with Gasteiger partial charge in [0.05, 0.1) is 38.5 Å². The Morgan fingerprint density at radius 2 is 1.72 bits per heavy atom. The summed E-state index contributed by atoms with van der Waals surface area (Å²) in [6.45, 7) is 7.92. The topological polar surface area (TPSA) is 127 Å². The van der Waals surface area contributed by atoms with Crippen LogP contribution in [0.15, 0.2) is 0 Å². The molecule has 2 aliphatic heterocycles. The van der Waals surface area contributed by atoms with Gasteiger partial charge < -0.3 is 35.5 Å². The van der Waals surface area contributed by atoms with Crippen molar-refractivity contribution in [1.82, 2.24) is 21.3 Å². The van der Waals surface area contributed by atoms with Crippen LogP contribution in [0.1, 0.15) is 46.5 Å². The van der Waals surface area contributed by atoms with Crippen molar-refractivity contribution in [3.05, 3.63) is 0 Å². The average Bonchev–Trinajstić information content (AvgIpc) is 3.24. The lowest BCUT2D eigenvalue weighted by Gasteiger charge is -2.19. The number of amides is 4. The van der Waals surface area contributed by atoms with Gasteiger partial charge in [-0.1, -0.05) is 6.42 Å². The molecule has 2 heterocycles. The van der Waals surface area contributed by atoms with Gasteiger partial charge in [0.25, 0.3) is 0 Å². The summed E-state index contributed by atoms with van der Waals surface area (Å²) in [7, 11) is 0. The summed E-state index contributed by atoms with van der Waals surface area (Å²) in [5, 5.41) is 11.8. The first-order valence-electron chi connectivity index (χ1n) is 11.3. The Kier molecular flexibility index (Phi) is 11.4. The Hall–Kier alpha value is -1.72. The molecule has 184 valence electrons. The number of hydrogen-bond donors (Lipinski definition) is 4. The van der Waals surface area contributed by atoms with Crippen LogP contribution < -0.4 is 21.3 Å². The highest BCUT2D eigenvalue weighted by Gasteiger charge is 2.42. The molecule has 4 amide bonds. The number of carbonyl (C=O) groups excluding carboxylic acids is 3.